The molecule has 0 saturated heterocycles. The number of rotatable bonds is 7. The van der Waals surface area contributed by atoms with Gasteiger partial charge in [-0.3, -0.25) is 14.9 Å². The van der Waals surface area contributed by atoms with Crippen molar-refractivity contribution in [3.05, 3.63) is 77.9 Å². The largest absolute Gasteiger partial charge is 0.497 e. The number of ether oxygens (including phenoxy) is 1. The standard InChI is InChI=1S/C24H19N3O5/c1-32-19-8-5-16(6-9-19)17-7-10-20(27-24(30)31)21(12-17)26-23(29)13-22(28)18-4-2-3-15(11-18)14-25/h2-12,27H,13H2,1H3,(H,26,29)(H,30,31). The molecule has 0 spiro atoms. The number of carboxylic acid groups (broad SMARTS) is 1. The highest BCUT2D eigenvalue weighted by molar-refractivity contribution is 6.12. The number of ketones is 1. The lowest BCUT2D eigenvalue weighted by molar-refractivity contribution is -0.115. The zero-order valence-corrected chi connectivity index (χ0v) is 17.1. The van der Waals surface area contributed by atoms with Crippen LogP contribution in [0.25, 0.3) is 11.1 Å². The molecule has 0 heterocycles. The van der Waals surface area contributed by atoms with Gasteiger partial charge in [0.2, 0.25) is 5.91 Å². The number of nitrogens with zero attached hydrogens (tertiary/aromatic N) is 1. The Morgan fingerprint density at radius 1 is 0.938 bits per heavy atom. The Kier molecular flexibility index (Phi) is 6.83. The van der Waals surface area contributed by atoms with E-state index in [0.717, 1.165) is 11.1 Å². The van der Waals surface area contributed by atoms with Crippen LogP contribution in [0.2, 0.25) is 0 Å². The minimum Gasteiger partial charge on any atom is -0.497 e. The van der Waals surface area contributed by atoms with Crippen LogP contribution in [0.3, 0.4) is 0 Å². The van der Waals surface area contributed by atoms with Crippen molar-refractivity contribution in [3.63, 3.8) is 0 Å². The summed E-state index contributed by atoms with van der Waals surface area (Å²) in [5.74, 6) is -0.387. The van der Waals surface area contributed by atoms with Crippen LogP contribution in [-0.4, -0.2) is 30.0 Å². The van der Waals surface area contributed by atoms with E-state index in [1.807, 2.05) is 18.2 Å². The lowest BCUT2D eigenvalue weighted by atomic mass is 10.0. The summed E-state index contributed by atoms with van der Waals surface area (Å²) in [5, 5.41) is 22.9. The van der Waals surface area contributed by atoms with Gasteiger partial charge in [-0.1, -0.05) is 30.3 Å². The van der Waals surface area contributed by atoms with E-state index in [-0.39, 0.29) is 16.9 Å². The van der Waals surface area contributed by atoms with Crippen molar-refractivity contribution in [1.29, 1.82) is 5.26 Å². The monoisotopic (exact) mass is 429 g/mol. The summed E-state index contributed by atoms with van der Waals surface area (Å²) < 4.78 is 5.15. The molecule has 160 valence electrons. The van der Waals surface area contributed by atoms with Crippen molar-refractivity contribution in [2.75, 3.05) is 17.7 Å². The van der Waals surface area contributed by atoms with Crippen LogP contribution in [0.4, 0.5) is 16.2 Å². The average molecular weight is 429 g/mol. The highest BCUT2D eigenvalue weighted by atomic mass is 16.5. The Hall–Kier alpha value is -4.64. The predicted molar refractivity (Wildman–Crippen MR) is 119 cm³/mol. The van der Waals surface area contributed by atoms with Gasteiger partial charge in [0.15, 0.2) is 5.78 Å². The first-order valence-electron chi connectivity index (χ1n) is 9.51. The van der Waals surface area contributed by atoms with Crippen molar-refractivity contribution in [3.8, 4) is 22.9 Å². The minimum atomic E-state index is -1.29. The summed E-state index contributed by atoms with van der Waals surface area (Å²) in [5.41, 5.74) is 2.50. The van der Waals surface area contributed by atoms with Gasteiger partial charge in [-0.05, 0) is 47.5 Å². The zero-order valence-electron chi connectivity index (χ0n) is 17.1. The molecule has 3 aromatic carbocycles. The molecule has 3 aromatic rings. The van der Waals surface area contributed by atoms with E-state index in [1.54, 1.807) is 43.5 Å². The SMILES string of the molecule is COc1ccc(-c2ccc(NC(=O)O)c(NC(=O)CC(=O)c3cccc(C#N)c3)c2)cc1. The fourth-order valence-corrected chi connectivity index (χ4v) is 3.04. The van der Waals surface area contributed by atoms with Gasteiger partial charge in [0, 0.05) is 5.56 Å². The lowest BCUT2D eigenvalue weighted by Gasteiger charge is -2.13. The van der Waals surface area contributed by atoms with Crippen LogP contribution in [0.1, 0.15) is 22.3 Å². The number of carbonyl (C=O) groups is 3. The average Bonchev–Trinajstić information content (AvgIpc) is 2.80. The van der Waals surface area contributed by atoms with Crippen LogP contribution < -0.4 is 15.4 Å². The number of benzene rings is 3. The van der Waals surface area contributed by atoms with E-state index in [9.17, 15) is 14.4 Å². The fourth-order valence-electron chi connectivity index (χ4n) is 3.04. The second kappa shape index (κ2) is 9.91. The molecule has 0 fully saturated rings. The Bertz CT molecular complexity index is 1210. The molecule has 2 amide bonds. The quantitative estimate of drug-likeness (QED) is 0.374. The Balaban J connectivity index is 1.83. The van der Waals surface area contributed by atoms with E-state index in [2.05, 4.69) is 10.6 Å². The smallest absolute Gasteiger partial charge is 0.409 e. The van der Waals surface area contributed by atoms with Crippen LogP contribution in [-0.2, 0) is 4.79 Å². The molecule has 0 aromatic heterocycles. The summed E-state index contributed by atoms with van der Waals surface area (Å²) in [4.78, 5) is 36.1. The Morgan fingerprint density at radius 3 is 2.31 bits per heavy atom. The summed E-state index contributed by atoms with van der Waals surface area (Å²) in [6.45, 7) is 0. The molecule has 8 nitrogen and oxygen atoms in total. The lowest BCUT2D eigenvalue weighted by Crippen LogP contribution is -2.18. The molecule has 32 heavy (non-hydrogen) atoms. The molecule has 0 aliphatic carbocycles. The van der Waals surface area contributed by atoms with Crippen molar-refractivity contribution in [2.24, 2.45) is 0 Å². The van der Waals surface area contributed by atoms with Crippen LogP contribution in [0, 0.1) is 11.3 Å². The molecule has 0 saturated carbocycles. The second-order valence-electron chi connectivity index (χ2n) is 6.76. The maximum absolute atomic E-state index is 12.5. The molecule has 0 radical (unpaired) electrons. The highest BCUT2D eigenvalue weighted by Crippen LogP contribution is 2.30. The Morgan fingerprint density at radius 2 is 1.66 bits per heavy atom. The van der Waals surface area contributed by atoms with Crippen LogP contribution >= 0.6 is 0 Å². The zero-order chi connectivity index (χ0) is 23.1. The molecule has 8 heteroatoms. The molecule has 0 aliphatic rings. The van der Waals surface area contributed by atoms with Gasteiger partial charge in [0.25, 0.3) is 0 Å². The summed E-state index contributed by atoms with van der Waals surface area (Å²) in [6.07, 6.45) is -1.75. The van der Waals surface area contributed by atoms with Crippen molar-refractivity contribution in [1.82, 2.24) is 0 Å². The van der Waals surface area contributed by atoms with Gasteiger partial charge < -0.3 is 15.2 Å². The molecular weight excluding hydrogens is 410 g/mol. The van der Waals surface area contributed by atoms with Gasteiger partial charge in [0.05, 0.1) is 36.5 Å². The molecule has 3 N–H and O–H groups in total. The molecule has 0 unspecified atom stereocenters. The highest BCUT2D eigenvalue weighted by Gasteiger charge is 2.15. The van der Waals surface area contributed by atoms with Crippen LogP contribution in [0.15, 0.2) is 66.7 Å². The van der Waals surface area contributed by atoms with E-state index < -0.39 is 24.2 Å². The van der Waals surface area contributed by atoms with Crippen molar-refractivity contribution in [2.45, 2.75) is 6.42 Å². The fraction of sp³-hybridized carbons (Fsp3) is 0.0833. The molecule has 0 bridgehead atoms. The van der Waals surface area contributed by atoms with Gasteiger partial charge in [-0.15, -0.1) is 0 Å². The third kappa shape index (κ3) is 5.49. The maximum atomic E-state index is 12.5. The number of carbonyl (C=O) groups excluding carboxylic acids is 2. The van der Waals surface area contributed by atoms with Crippen LogP contribution in [0.5, 0.6) is 5.75 Å². The number of methoxy groups -OCH3 is 1. The third-order valence-electron chi connectivity index (χ3n) is 4.59. The molecular formula is C24H19N3O5. The van der Waals surface area contributed by atoms with Gasteiger partial charge in [0.1, 0.15) is 5.75 Å². The van der Waals surface area contributed by atoms with E-state index in [4.69, 9.17) is 15.1 Å². The van der Waals surface area contributed by atoms with E-state index in [0.29, 0.717) is 11.3 Å². The number of hydrogen-bond acceptors (Lipinski definition) is 5. The van der Waals surface area contributed by atoms with Gasteiger partial charge in [-0.2, -0.15) is 5.26 Å². The summed E-state index contributed by atoms with van der Waals surface area (Å²) in [7, 11) is 1.56. The molecule has 0 atom stereocenters. The summed E-state index contributed by atoms with van der Waals surface area (Å²) in [6, 6.07) is 20.1. The first-order valence-corrected chi connectivity index (χ1v) is 9.51. The predicted octanol–water partition coefficient (Wildman–Crippen LogP) is 4.54. The summed E-state index contributed by atoms with van der Waals surface area (Å²) >= 11 is 0. The van der Waals surface area contributed by atoms with Gasteiger partial charge >= 0.3 is 6.09 Å². The van der Waals surface area contributed by atoms with E-state index in [1.165, 1.54) is 18.2 Å². The number of nitriles is 1. The van der Waals surface area contributed by atoms with Gasteiger partial charge in [-0.25, -0.2) is 4.79 Å². The maximum Gasteiger partial charge on any atom is 0.409 e. The number of amides is 2. The number of nitrogens with one attached hydrogen (secondary N) is 2. The first kappa shape index (κ1) is 22.1. The normalized spacial score (nSPS) is 10.0. The van der Waals surface area contributed by atoms with E-state index >= 15 is 0 Å². The minimum absolute atomic E-state index is 0.169. The van der Waals surface area contributed by atoms with Crippen molar-refractivity contribution < 1.29 is 24.2 Å². The Labute approximate surface area is 184 Å². The number of Topliss-reactive ketones (excluding diaryl/α,β-unsaturated/α-hetero) is 1. The third-order valence-corrected chi connectivity index (χ3v) is 4.59. The topological polar surface area (TPSA) is 129 Å². The second-order valence-corrected chi connectivity index (χ2v) is 6.76. The van der Waals surface area contributed by atoms with Crippen molar-refractivity contribution >= 4 is 29.2 Å². The molecule has 0 aliphatic heterocycles. The first-order chi connectivity index (χ1) is 15.4. The number of anilines is 2. The molecule has 3 rings (SSSR count). The number of hydrogen-bond donors (Lipinski definition) is 3.